The lowest BCUT2D eigenvalue weighted by molar-refractivity contribution is -0.116. The number of rotatable bonds is 2. The minimum absolute atomic E-state index is 0.190. The molecule has 5 heteroatoms. The summed E-state index contributed by atoms with van der Waals surface area (Å²) >= 11 is 9.50. The van der Waals surface area contributed by atoms with Crippen molar-refractivity contribution in [2.24, 2.45) is 0 Å². The summed E-state index contributed by atoms with van der Waals surface area (Å²) in [4.78, 5) is 9.73. The van der Waals surface area contributed by atoms with Crippen LogP contribution < -0.4 is 0 Å². The molecule has 0 aromatic heterocycles. The molecule has 0 radical (unpaired) electrons. The number of hydrogen-bond donors (Lipinski definition) is 1. The monoisotopic (exact) mass is 143 g/mol. The molecule has 0 aromatic carbocycles. The van der Waals surface area contributed by atoms with E-state index < -0.39 is 5.24 Å². The van der Waals surface area contributed by atoms with E-state index in [1.54, 1.807) is 0 Å². The van der Waals surface area contributed by atoms with Crippen molar-refractivity contribution in [3.63, 3.8) is 0 Å². The summed E-state index contributed by atoms with van der Waals surface area (Å²) in [6, 6.07) is 0. The van der Waals surface area contributed by atoms with Crippen LogP contribution in [0.3, 0.4) is 0 Å². The van der Waals surface area contributed by atoms with Gasteiger partial charge in [-0.25, -0.2) is 0 Å². The Balaban J connectivity index is 3.13. The molecule has 0 saturated heterocycles. The van der Waals surface area contributed by atoms with E-state index in [1.807, 2.05) is 0 Å². The molecule has 0 rings (SSSR count). The third kappa shape index (κ3) is 6.17. The van der Waals surface area contributed by atoms with Gasteiger partial charge in [0.2, 0.25) is 5.24 Å². The predicted molar refractivity (Wildman–Crippen MR) is 25.2 cm³/mol. The summed E-state index contributed by atoms with van der Waals surface area (Å²) in [5, 5.41) is 7.32. The molecule has 42 valence electrons. The van der Waals surface area contributed by atoms with Crippen LogP contribution in [0.25, 0.3) is 0 Å². The third-order valence-corrected chi connectivity index (χ3v) is 0.494. The molecular weight excluding hydrogens is 141 g/mol. The van der Waals surface area contributed by atoms with Crippen LogP contribution in [-0.4, -0.2) is 21.6 Å². The van der Waals surface area contributed by atoms with Crippen LogP contribution in [-0.2, 0) is 4.79 Å². The van der Waals surface area contributed by atoms with Crippen LogP contribution in [0.5, 0.6) is 0 Å². The Bertz CT molecular complexity index is 74.1. The second-order valence-electron chi connectivity index (χ2n) is 0.850. The molecule has 0 aliphatic rings. The highest BCUT2D eigenvalue weighted by Gasteiger charge is 1.98. The first-order valence-electron chi connectivity index (χ1n) is 1.43. The average Bonchev–Trinajstić information content (AvgIpc) is 1.27. The molecule has 0 unspecified atom stereocenters. The summed E-state index contributed by atoms with van der Waals surface area (Å²) in [5.74, 6) is 0. The number of carbonyl (C=O) groups is 1. The van der Waals surface area contributed by atoms with E-state index in [0.29, 0.717) is 0 Å². The van der Waals surface area contributed by atoms with Crippen molar-refractivity contribution < 1.29 is 10.0 Å². The fourth-order valence-electron chi connectivity index (χ4n) is 0.103. The highest BCUT2D eigenvalue weighted by atomic mass is 35.5. The minimum Gasteiger partial charge on any atom is -0.298 e. The second kappa shape index (κ2) is 3.21. The first-order chi connectivity index (χ1) is 3.13. The zero-order valence-corrected chi connectivity index (χ0v) is 4.78. The number of carbonyl (C=O) groups excluding carboxylic acids is 1. The first-order valence-corrected chi connectivity index (χ1v) is 2.15. The number of halogens is 2. The van der Waals surface area contributed by atoms with Crippen LogP contribution in [0.2, 0.25) is 0 Å². The maximum Gasteiger partial charge on any atom is 0.239 e. The van der Waals surface area contributed by atoms with Crippen molar-refractivity contribution in [2.45, 2.75) is 0 Å². The molecule has 0 spiro atoms. The van der Waals surface area contributed by atoms with Gasteiger partial charge in [0, 0.05) is 11.8 Å². The molecule has 0 saturated carbocycles. The fourth-order valence-corrected chi connectivity index (χ4v) is 0.386. The molecule has 0 bridgehead atoms. The van der Waals surface area contributed by atoms with Gasteiger partial charge in [0.25, 0.3) is 0 Å². The van der Waals surface area contributed by atoms with Gasteiger partial charge in [0.1, 0.15) is 6.54 Å². The summed E-state index contributed by atoms with van der Waals surface area (Å²) in [5.41, 5.74) is 0. The normalized spacial score (nSPS) is 9.71. The van der Waals surface area contributed by atoms with Crippen molar-refractivity contribution in [1.29, 1.82) is 0 Å². The lowest BCUT2D eigenvalue weighted by Crippen LogP contribution is -2.12. The highest BCUT2D eigenvalue weighted by molar-refractivity contribution is 6.64. The van der Waals surface area contributed by atoms with E-state index in [-0.39, 0.29) is 11.1 Å². The van der Waals surface area contributed by atoms with Gasteiger partial charge in [-0.3, -0.25) is 10.0 Å². The zero-order valence-electron chi connectivity index (χ0n) is 3.27. The highest BCUT2D eigenvalue weighted by Crippen LogP contribution is 1.88. The van der Waals surface area contributed by atoms with E-state index in [4.69, 9.17) is 28.6 Å². The molecule has 0 heterocycles. The van der Waals surface area contributed by atoms with Gasteiger partial charge >= 0.3 is 0 Å². The molecule has 1 N–H and O–H groups in total. The van der Waals surface area contributed by atoms with Gasteiger partial charge in [-0.05, 0) is 11.6 Å². The molecular formula is C2H3Cl2NO2. The van der Waals surface area contributed by atoms with Crippen molar-refractivity contribution >= 4 is 28.6 Å². The van der Waals surface area contributed by atoms with Crippen LogP contribution in [0, 0.1) is 0 Å². The molecule has 0 aliphatic heterocycles. The SMILES string of the molecule is O=C(Cl)CN(O)Cl. The lowest BCUT2D eigenvalue weighted by atomic mass is 10.8. The van der Waals surface area contributed by atoms with Crippen LogP contribution in [0.1, 0.15) is 0 Å². The topological polar surface area (TPSA) is 40.5 Å². The van der Waals surface area contributed by atoms with Gasteiger partial charge < -0.3 is 0 Å². The van der Waals surface area contributed by atoms with Gasteiger partial charge in [0.05, 0.1) is 0 Å². The van der Waals surface area contributed by atoms with E-state index in [1.165, 1.54) is 0 Å². The lowest BCUT2D eigenvalue weighted by Gasteiger charge is -1.95. The van der Waals surface area contributed by atoms with E-state index in [0.717, 1.165) is 0 Å². The summed E-state index contributed by atoms with van der Waals surface area (Å²) in [7, 11) is 0. The van der Waals surface area contributed by atoms with Crippen molar-refractivity contribution in [3.05, 3.63) is 0 Å². The molecule has 7 heavy (non-hydrogen) atoms. The standard InChI is InChI=1S/C2H3Cl2NO2/c3-2(6)1-5(4)7/h7H,1H2. The maximum absolute atomic E-state index is 9.73. The van der Waals surface area contributed by atoms with Crippen LogP contribution in [0.15, 0.2) is 0 Å². The molecule has 0 aromatic rings. The number of hydrogen-bond acceptors (Lipinski definition) is 3. The largest absolute Gasteiger partial charge is 0.298 e. The zero-order chi connectivity index (χ0) is 5.86. The first kappa shape index (κ1) is 7.17. The van der Waals surface area contributed by atoms with Crippen molar-refractivity contribution in [1.82, 2.24) is 4.58 Å². The van der Waals surface area contributed by atoms with Gasteiger partial charge in [-0.2, -0.15) is 0 Å². The maximum atomic E-state index is 9.73. The van der Waals surface area contributed by atoms with Gasteiger partial charge in [-0.15, -0.1) is 0 Å². The molecule has 0 atom stereocenters. The Morgan fingerprint density at radius 2 is 2.29 bits per heavy atom. The number of hydroxylamine groups is 1. The molecule has 3 nitrogen and oxygen atoms in total. The third-order valence-electron chi connectivity index (χ3n) is 0.255. The molecule has 0 fully saturated rings. The average molecular weight is 144 g/mol. The fraction of sp³-hybridized carbons (Fsp3) is 0.500. The summed E-state index contributed by atoms with van der Waals surface area (Å²) in [6.45, 7) is -0.358. The van der Waals surface area contributed by atoms with E-state index in [2.05, 4.69) is 0 Å². The Labute approximate surface area is 50.5 Å². The van der Waals surface area contributed by atoms with Gasteiger partial charge in [-0.1, -0.05) is 4.58 Å². The van der Waals surface area contributed by atoms with Crippen molar-refractivity contribution in [3.8, 4) is 0 Å². The Kier molecular flexibility index (Phi) is 3.29. The van der Waals surface area contributed by atoms with Gasteiger partial charge in [0.15, 0.2) is 0 Å². The van der Waals surface area contributed by atoms with E-state index >= 15 is 0 Å². The molecule has 0 amide bonds. The Morgan fingerprint density at radius 1 is 1.86 bits per heavy atom. The Hall–Kier alpha value is 0.170. The van der Waals surface area contributed by atoms with E-state index in [9.17, 15) is 4.79 Å². The predicted octanol–water partition coefficient (Wildman–Crippen LogP) is 0.597. The smallest absolute Gasteiger partial charge is 0.239 e. The minimum atomic E-state index is -0.697. The van der Waals surface area contributed by atoms with Crippen LogP contribution in [0.4, 0.5) is 0 Å². The summed E-state index contributed by atoms with van der Waals surface area (Å²) < 4.78 is 0.190. The summed E-state index contributed by atoms with van der Waals surface area (Å²) in [6.07, 6.45) is 0. The number of nitrogens with zero attached hydrogens (tertiary/aromatic N) is 1. The second-order valence-corrected chi connectivity index (χ2v) is 1.66. The quantitative estimate of drug-likeness (QED) is 0.350. The van der Waals surface area contributed by atoms with Crippen LogP contribution >= 0.6 is 23.4 Å². The molecule has 0 aliphatic carbocycles. The Morgan fingerprint density at radius 3 is 2.29 bits per heavy atom. The van der Waals surface area contributed by atoms with Crippen molar-refractivity contribution in [2.75, 3.05) is 6.54 Å².